The molecule has 1 rings (SSSR count). The maximum absolute atomic E-state index is 11.6. The summed E-state index contributed by atoms with van der Waals surface area (Å²) < 4.78 is 0. The van der Waals surface area contributed by atoms with Gasteiger partial charge in [-0.3, -0.25) is 4.79 Å². The summed E-state index contributed by atoms with van der Waals surface area (Å²) >= 11 is 5.72. The fourth-order valence-corrected chi connectivity index (χ4v) is 1.40. The van der Waals surface area contributed by atoms with Gasteiger partial charge in [-0.2, -0.15) is 0 Å². The highest BCUT2D eigenvalue weighted by atomic mass is 35.5. The number of unbranched alkanes of at least 4 members (excludes halogenated alkanes) is 1. The van der Waals surface area contributed by atoms with E-state index in [0.29, 0.717) is 24.4 Å². The molecular weight excluding hydrogens is 230 g/mol. The van der Waals surface area contributed by atoms with Gasteiger partial charge in [0.15, 0.2) is 0 Å². The van der Waals surface area contributed by atoms with Gasteiger partial charge >= 0.3 is 0 Å². The molecular formula is C11H14ClNO3. The van der Waals surface area contributed by atoms with E-state index >= 15 is 0 Å². The van der Waals surface area contributed by atoms with Crippen LogP contribution in [0.25, 0.3) is 0 Å². The molecule has 0 aromatic heterocycles. The van der Waals surface area contributed by atoms with Crippen molar-refractivity contribution in [1.29, 1.82) is 0 Å². The minimum Gasteiger partial charge on any atom is -0.507 e. The van der Waals surface area contributed by atoms with Crippen molar-refractivity contribution < 1.29 is 15.0 Å². The quantitative estimate of drug-likeness (QED) is 0.688. The van der Waals surface area contributed by atoms with Crippen molar-refractivity contribution in [3.8, 4) is 5.75 Å². The van der Waals surface area contributed by atoms with Crippen LogP contribution in [0.1, 0.15) is 23.2 Å². The number of aliphatic hydroxyl groups excluding tert-OH is 1. The highest BCUT2D eigenvalue weighted by Gasteiger charge is 2.10. The second kappa shape index (κ2) is 6.35. The van der Waals surface area contributed by atoms with Crippen LogP contribution in [-0.2, 0) is 0 Å². The van der Waals surface area contributed by atoms with Gasteiger partial charge < -0.3 is 15.5 Å². The Morgan fingerprint density at radius 2 is 2.12 bits per heavy atom. The molecule has 1 amide bonds. The summed E-state index contributed by atoms with van der Waals surface area (Å²) in [5.41, 5.74) is 0.163. The van der Waals surface area contributed by atoms with Crippen LogP contribution in [0.4, 0.5) is 0 Å². The SMILES string of the molecule is O=C(NCCCCO)c1cc(Cl)ccc1O. The summed E-state index contributed by atoms with van der Waals surface area (Å²) in [5.74, 6) is -0.456. The smallest absolute Gasteiger partial charge is 0.255 e. The third-order valence-electron chi connectivity index (χ3n) is 2.07. The van der Waals surface area contributed by atoms with Crippen LogP contribution >= 0.6 is 11.6 Å². The molecule has 1 aromatic rings. The third kappa shape index (κ3) is 3.72. The number of aromatic hydroxyl groups is 1. The summed E-state index contributed by atoms with van der Waals surface area (Å²) in [6.07, 6.45) is 1.34. The zero-order valence-corrected chi connectivity index (χ0v) is 9.50. The molecule has 0 saturated heterocycles. The maximum Gasteiger partial charge on any atom is 0.255 e. The van der Waals surface area contributed by atoms with Gasteiger partial charge in [-0.15, -0.1) is 0 Å². The molecule has 1 aromatic carbocycles. The number of phenolic OH excluding ortho intramolecular Hbond substituents is 1. The Hall–Kier alpha value is -1.26. The van der Waals surface area contributed by atoms with Crippen molar-refractivity contribution in [1.82, 2.24) is 5.32 Å². The Morgan fingerprint density at radius 1 is 1.38 bits per heavy atom. The number of hydrogen-bond donors (Lipinski definition) is 3. The van der Waals surface area contributed by atoms with Gasteiger partial charge in [-0.05, 0) is 31.0 Å². The van der Waals surface area contributed by atoms with Gasteiger partial charge in [0.05, 0.1) is 5.56 Å². The van der Waals surface area contributed by atoms with E-state index in [-0.39, 0.29) is 23.8 Å². The van der Waals surface area contributed by atoms with E-state index in [0.717, 1.165) is 0 Å². The van der Waals surface area contributed by atoms with Crippen LogP contribution in [0.3, 0.4) is 0 Å². The molecule has 0 heterocycles. The summed E-state index contributed by atoms with van der Waals surface area (Å²) in [6.45, 7) is 0.573. The number of phenols is 1. The molecule has 0 fully saturated rings. The Morgan fingerprint density at radius 3 is 2.81 bits per heavy atom. The van der Waals surface area contributed by atoms with Crippen LogP contribution in [0, 0.1) is 0 Å². The van der Waals surface area contributed by atoms with Gasteiger partial charge in [-0.25, -0.2) is 0 Å². The summed E-state index contributed by atoms with van der Waals surface area (Å²) in [5, 5.41) is 21.0. The molecule has 0 spiro atoms. The number of benzene rings is 1. The number of carbonyl (C=O) groups is 1. The molecule has 0 atom stereocenters. The van der Waals surface area contributed by atoms with Crippen LogP contribution in [-0.4, -0.2) is 29.3 Å². The van der Waals surface area contributed by atoms with E-state index < -0.39 is 0 Å². The lowest BCUT2D eigenvalue weighted by atomic mass is 10.2. The molecule has 5 heteroatoms. The Kier molecular flexibility index (Phi) is 5.08. The lowest BCUT2D eigenvalue weighted by Crippen LogP contribution is -2.24. The second-order valence-corrected chi connectivity index (χ2v) is 3.78. The zero-order valence-electron chi connectivity index (χ0n) is 8.74. The molecule has 3 N–H and O–H groups in total. The minimum atomic E-state index is -0.363. The van der Waals surface area contributed by atoms with E-state index in [1.54, 1.807) is 0 Å². The monoisotopic (exact) mass is 243 g/mol. The van der Waals surface area contributed by atoms with Crippen LogP contribution < -0.4 is 5.32 Å². The topological polar surface area (TPSA) is 69.6 Å². The number of carbonyl (C=O) groups excluding carboxylic acids is 1. The van der Waals surface area contributed by atoms with Crippen molar-refractivity contribution >= 4 is 17.5 Å². The van der Waals surface area contributed by atoms with Crippen molar-refractivity contribution in [3.63, 3.8) is 0 Å². The molecule has 0 aliphatic heterocycles. The van der Waals surface area contributed by atoms with E-state index in [1.807, 2.05) is 0 Å². The van der Waals surface area contributed by atoms with Crippen molar-refractivity contribution in [2.75, 3.05) is 13.2 Å². The highest BCUT2D eigenvalue weighted by molar-refractivity contribution is 6.31. The van der Waals surface area contributed by atoms with Gasteiger partial charge in [-0.1, -0.05) is 11.6 Å². The van der Waals surface area contributed by atoms with Crippen molar-refractivity contribution in [3.05, 3.63) is 28.8 Å². The predicted octanol–water partition coefficient (Wildman–Crippen LogP) is 1.55. The first-order valence-corrected chi connectivity index (χ1v) is 5.40. The van der Waals surface area contributed by atoms with Gasteiger partial charge in [0.1, 0.15) is 5.75 Å². The normalized spacial score (nSPS) is 10.1. The van der Waals surface area contributed by atoms with Gasteiger partial charge in [0, 0.05) is 18.2 Å². The van der Waals surface area contributed by atoms with Crippen LogP contribution in [0.5, 0.6) is 5.75 Å². The molecule has 0 bridgehead atoms. The van der Waals surface area contributed by atoms with Crippen LogP contribution in [0.15, 0.2) is 18.2 Å². The highest BCUT2D eigenvalue weighted by Crippen LogP contribution is 2.21. The lowest BCUT2D eigenvalue weighted by molar-refractivity contribution is 0.0949. The maximum atomic E-state index is 11.6. The number of rotatable bonds is 5. The molecule has 0 saturated carbocycles. The van der Waals surface area contributed by atoms with E-state index in [4.69, 9.17) is 16.7 Å². The van der Waals surface area contributed by atoms with E-state index in [1.165, 1.54) is 18.2 Å². The standard InChI is InChI=1S/C11H14ClNO3/c12-8-3-4-10(15)9(7-8)11(16)13-5-1-2-6-14/h3-4,7,14-15H,1-2,5-6H2,(H,13,16). The number of amides is 1. The Labute approximate surface area is 98.9 Å². The predicted molar refractivity (Wildman–Crippen MR) is 61.8 cm³/mol. The number of hydrogen-bond acceptors (Lipinski definition) is 3. The van der Waals surface area contributed by atoms with Gasteiger partial charge in [0.2, 0.25) is 0 Å². The Bertz CT molecular complexity index is 368. The number of nitrogens with one attached hydrogen (secondary N) is 1. The van der Waals surface area contributed by atoms with Gasteiger partial charge in [0.25, 0.3) is 5.91 Å². The largest absolute Gasteiger partial charge is 0.507 e. The fraction of sp³-hybridized carbons (Fsp3) is 0.364. The second-order valence-electron chi connectivity index (χ2n) is 3.35. The van der Waals surface area contributed by atoms with Crippen LogP contribution in [0.2, 0.25) is 5.02 Å². The molecule has 0 unspecified atom stereocenters. The summed E-state index contributed by atoms with van der Waals surface area (Å²) in [7, 11) is 0. The average molecular weight is 244 g/mol. The zero-order chi connectivity index (χ0) is 12.0. The first-order chi connectivity index (χ1) is 7.65. The summed E-state index contributed by atoms with van der Waals surface area (Å²) in [6, 6.07) is 4.31. The van der Waals surface area contributed by atoms with E-state index in [9.17, 15) is 9.90 Å². The molecule has 16 heavy (non-hydrogen) atoms. The number of aliphatic hydroxyl groups is 1. The molecule has 0 aliphatic carbocycles. The third-order valence-corrected chi connectivity index (χ3v) is 2.31. The molecule has 88 valence electrons. The first kappa shape index (κ1) is 12.8. The Balaban J connectivity index is 2.55. The first-order valence-electron chi connectivity index (χ1n) is 5.02. The molecule has 0 aliphatic rings. The lowest BCUT2D eigenvalue weighted by Gasteiger charge is -2.06. The fourth-order valence-electron chi connectivity index (χ4n) is 1.22. The van der Waals surface area contributed by atoms with Crippen molar-refractivity contribution in [2.45, 2.75) is 12.8 Å². The van der Waals surface area contributed by atoms with E-state index in [2.05, 4.69) is 5.32 Å². The minimum absolute atomic E-state index is 0.0935. The molecule has 0 radical (unpaired) electrons. The summed E-state index contributed by atoms with van der Waals surface area (Å²) in [4.78, 5) is 11.6. The average Bonchev–Trinajstić information content (AvgIpc) is 2.27. The number of halogens is 1. The molecule has 4 nitrogen and oxygen atoms in total. The van der Waals surface area contributed by atoms with Crippen molar-refractivity contribution in [2.24, 2.45) is 0 Å².